The molecule has 12 heteroatoms. The molecule has 1 aliphatic heterocycles. The van der Waals surface area contributed by atoms with Crippen LogP contribution in [0.25, 0.3) is 11.2 Å². The number of rotatable bonds is 8. The zero-order valence-corrected chi connectivity index (χ0v) is 19.2. The van der Waals surface area contributed by atoms with E-state index < -0.39 is 38.2 Å². The van der Waals surface area contributed by atoms with Gasteiger partial charge in [0.1, 0.15) is 17.7 Å². The highest BCUT2D eigenvalue weighted by molar-refractivity contribution is 7.40. The van der Waals surface area contributed by atoms with Crippen LogP contribution in [0, 0.1) is 0 Å². The van der Waals surface area contributed by atoms with E-state index in [-0.39, 0.29) is 23.2 Å². The molecule has 3 heterocycles. The predicted octanol–water partition coefficient (Wildman–Crippen LogP) is 2.53. The molecule has 0 amide bonds. The number of hydrogen-bond acceptors (Lipinski definition) is 9. The Morgan fingerprint density at radius 2 is 2.10 bits per heavy atom. The largest absolute Gasteiger partial charge is 0.388 e. The average Bonchev–Trinajstić information content (AvgIpc) is 3.23. The number of aliphatic hydroxyl groups is 2. The van der Waals surface area contributed by atoms with Crippen molar-refractivity contribution < 1.29 is 24.0 Å². The Balaban J connectivity index is 1.82. The highest BCUT2D eigenvalue weighted by Crippen LogP contribution is 2.43. The monoisotopic (exact) mass is 461 g/mol. The van der Waals surface area contributed by atoms with Crippen LogP contribution in [-0.2, 0) is 13.8 Å². The Labute approximate surface area is 180 Å². The lowest BCUT2D eigenvalue weighted by Gasteiger charge is -2.32. The predicted molar refractivity (Wildman–Crippen MR) is 114 cm³/mol. The number of anilines is 1. The molecular formula is C18H29ClN5O5P. The summed E-state index contributed by atoms with van der Waals surface area (Å²) in [5.74, 6) is -0.0408. The molecule has 3 unspecified atom stereocenters. The third-order valence-corrected chi connectivity index (χ3v) is 7.92. The second kappa shape index (κ2) is 9.06. The van der Waals surface area contributed by atoms with Gasteiger partial charge in [0.2, 0.25) is 5.95 Å². The van der Waals surface area contributed by atoms with Gasteiger partial charge in [0, 0.05) is 12.1 Å². The molecule has 0 spiro atoms. The number of nitrogen functional groups attached to an aromatic ring is 1. The molecule has 4 N–H and O–H groups in total. The van der Waals surface area contributed by atoms with E-state index in [9.17, 15) is 14.8 Å². The molecule has 168 valence electrons. The summed E-state index contributed by atoms with van der Waals surface area (Å²) in [7, 11) is -2.26. The summed E-state index contributed by atoms with van der Waals surface area (Å²) >= 11 is 6.06. The fraction of sp³-hybridized carbons (Fsp3) is 0.722. The Bertz CT molecular complexity index is 930. The smallest absolute Gasteiger partial charge is 0.223 e. The fourth-order valence-electron chi connectivity index (χ4n) is 3.41. The van der Waals surface area contributed by atoms with E-state index in [4.69, 9.17) is 26.6 Å². The molecule has 10 nitrogen and oxygen atoms in total. The molecule has 1 saturated heterocycles. The van der Waals surface area contributed by atoms with Crippen molar-refractivity contribution in [1.82, 2.24) is 19.5 Å². The van der Waals surface area contributed by atoms with Crippen molar-refractivity contribution >= 4 is 36.7 Å². The molecule has 7 atom stereocenters. The lowest BCUT2D eigenvalue weighted by molar-refractivity contribution is -0.0621. The molecule has 3 rings (SSSR count). The van der Waals surface area contributed by atoms with Crippen LogP contribution in [0.2, 0.25) is 5.15 Å². The van der Waals surface area contributed by atoms with Crippen molar-refractivity contribution in [2.75, 3.05) is 5.73 Å². The van der Waals surface area contributed by atoms with Crippen LogP contribution in [0.4, 0.5) is 5.95 Å². The Morgan fingerprint density at radius 3 is 2.73 bits per heavy atom. The Hall–Kier alpha value is -1.29. The van der Waals surface area contributed by atoms with Crippen LogP contribution in [0.3, 0.4) is 0 Å². The van der Waals surface area contributed by atoms with Crippen molar-refractivity contribution in [3.63, 3.8) is 0 Å². The molecule has 2 aromatic heterocycles. The van der Waals surface area contributed by atoms with Crippen molar-refractivity contribution in [2.24, 2.45) is 0 Å². The molecular weight excluding hydrogens is 433 g/mol. The van der Waals surface area contributed by atoms with E-state index in [1.54, 1.807) is 0 Å². The number of halogens is 1. The standard InChI is InChI=1S/C18H29ClN5O5P/c1-5-9(3)30(27)29-18(4,6-2)7-10-12(25)13(26)16(28-10)24-8-21-11-14(19)22-17(20)23-15(11)24/h8-10,12-13,16,25-26,30H,5-7H2,1-4H3,(H2,20,22,23)/t9?,10-,12-,13-,16?,18-/m1/s1. The van der Waals surface area contributed by atoms with Gasteiger partial charge in [0.25, 0.3) is 0 Å². The van der Waals surface area contributed by atoms with E-state index in [2.05, 4.69) is 15.0 Å². The first-order valence-corrected chi connectivity index (χ1v) is 11.8. The van der Waals surface area contributed by atoms with Gasteiger partial charge in [-0.1, -0.05) is 32.4 Å². The molecule has 0 radical (unpaired) electrons. The maximum Gasteiger partial charge on any atom is 0.223 e. The highest BCUT2D eigenvalue weighted by atomic mass is 35.5. The number of ether oxygens (including phenoxy) is 1. The molecule has 0 bridgehead atoms. The number of nitrogens with zero attached hydrogens (tertiary/aromatic N) is 4. The minimum absolute atomic E-state index is 0.0408. The summed E-state index contributed by atoms with van der Waals surface area (Å²) < 4.78 is 25.9. The average molecular weight is 462 g/mol. The summed E-state index contributed by atoms with van der Waals surface area (Å²) in [6.45, 7) is 7.61. The van der Waals surface area contributed by atoms with E-state index in [0.717, 1.165) is 6.42 Å². The summed E-state index contributed by atoms with van der Waals surface area (Å²) in [6.07, 6.45) is -1.12. The third kappa shape index (κ3) is 4.49. The Morgan fingerprint density at radius 1 is 1.40 bits per heavy atom. The lowest BCUT2D eigenvalue weighted by atomic mass is 9.93. The van der Waals surface area contributed by atoms with Gasteiger partial charge in [-0.2, -0.15) is 9.97 Å². The first-order valence-electron chi connectivity index (χ1n) is 10.00. The van der Waals surface area contributed by atoms with Gasteiger partial charge >= 0.3 is 0 Å². The van der Waals surface area contributed by atoms with Gasteiger partial charge < -0.3 is 25.2 Å². The van der Waals surface area contributed by atoms with E-state index >= 15 is 0 Å². The fourth-order valence-corrected chi connectivity index (χ4v) is 4.87. The molecule has 30 heavy (non-hydrogen) atoms. The summed E-state index contributed by atoms with van der Waals surface area (Å²) in [6, 6.07) is 0. The Kier molecular flexibility index (Phi) is 7.06. The normalized spacial score (nSPS) is 28.5. The number of aliphatic hydroxyl groups excluding tert-OH is 2. The topological polar surface area (TPSA) is 146 Å². The van der Waals surface area contributed by atoms with Gasteiger partial charge in [0.15, 0.2) is 25.1 Å². The highest BCUT2D eigenvalue weighted by Gasteiger charge is 2.47. The number of fused-ring (bicyclic) bond motifs is 1. The first-order chi connectivity index (χ1) is 14.1. The quantitative estimate of drug-likeness (QED) is 0.398. The maximum absolute atomic E-state index is 12.5. The molecule has 2 aromatic rings. The van der Waals surface area contributed by atoms with E-state index in [1.807, 2.05) is 27.7 Å². The van der Waals surface area contributed by atoms with Gasteiger partial charge in [-0.15, -0.1) is 0 Å². The molecule has 1 fully saturated rings. The minimum atomic E-state index is -2.26. The second-order valence-electron chi connectivity index (χ2n) is 7.98. The van der Waals surface area contributed by atoms with Crippen molar-refractivity contribution in [3.05, 3.63) is 11.5 Å². The number of imidazole rings is 1. The van der Waals surface area contributed by atoms with Gasteiger partial charge in [-0.25, -0.2) is 4.98 Å². The number of aromatic nitrogens is 4. The van der Waals surface area contributed by atoms with Crippen LogP contribution in [-0.4, -0.2) is 59.3 Å². The number of nitrogens with two attached hydrogens (primary N) is 1. The van der Waals surface area contributed by atoms with Gasteiger partial charge in [-0.05, 0) is 19.8 Å². The third-order valence-electron chi connectivity index (χ3n) is 5.75. The zero-order chi connectivity index (χ0) is 22.2. The van der Waals surface area contributed by atoms with Crippen LogP contribution >= 0.6 is 19.6 Å². The minimum Gasteiger partial charge on any atom is -0.388 e. The first kappa shape index (κ1) is 23.4. The van der Waals surface area contributed by atoms with Crippen LogP contribution in [0.15, 0.2) is 6.33 Å². The molecule has 0 aromatic carbocycles. The van der Waals surface area contributed by atoms with Crippen LogP contribution < -0.4 is 5.73 Å². The van der Waals surface area contributed by atoms with Crippen molar-refractivity contribution in [2.45, 2.75) is 82.8 Å². The van der Waals surface area contributed by atoms with Crippen molar-refractivity contribution in [3.8, 4) is 0 Å². The second-order valence-corrected chi connectivity index (χ2v) is 10.2. The SMILES string of the molecule is CCC(C)[PH](=O)O[C@](C)(CC)C[C@H]1OC(n2cnc3c(Cl)nc(N)nc32)[C@H](O)[C@@H]1O. The maximum atomic E-state index is 12.5. The molecule has 0 saturated carbocycles. The number of hydrogen-bond donors (Lipinski definition) is 3. The van der Waals surface area contributed by atoms with E-state index in [1.165, 1.54) is 10.9 Å². The molecule has 0 aliphatic carbocycles. The summed E-state index contributed by atoms with van der Waals surface area (Å²) in [5.41, 5.74) is 5.47. The lowest BCUT2D eigenvalue weighted by Crippen LogP contribution is -2.38. The molecule has 1 aliphatic rings. The van der Waals surface area contributed by atoms with Gasteiger partial charge in [-0.3, -0.25) is 9.13 Å². The summed E-state index contributed by atoms with van der Waals surface area (Å²) in [5, 5.41) is 21.4. The van der Waals surface area contributed by atoms with Crippen LogP contribution in [0.5, 0.6) is 0 Å². The van der Waals surface area contributed by atoms with E-state index in [0.29, 0.717) is 17.6 Å². The van der Waals surface area contributed by atoms with Crippen molar-refractivity contribution in [1.29, 1.82) is 0 Å². The van der Waals surface area contributed by atoms with Gasteiger partial charge in [0.05, 0.1) is 18.0 Å². The summed E-state index contributed by atoms with van der Waals surface area (Å²) in [4.78, 5) is 12.2. The van der Waals surface area contributed by atoms with Crippen LogP contribution in [0.1, 0.15) is 53.2 Å². The zero-order valence-electron chi connectivity index (χ0n) is 17.4.